The van der Waals surface area contributed by atoms with Crippen molar-refractivity contribution >= 4 is 22.7 Å². The van der Waals surface area contributed by atoms with Crippen LogP contribution in [0.2, 0.25) is 0 Å². The molecule has 0 bridgehead atoms. The van der Waals surface area contributed by atoms with Crippen molar-refractivity contribution in [3.63, 3.8) is 0 Å². The molecular weight excluding hydrogens is 208 g/mol. The molecule has 0 amide bonds. The monoisotopic (exact) mass is 214 g/mol. The third-order valence-corrected chi connectivity index (χ3v) is 1.78. The molecule has 0 unspecified atom stereocenters. The lowest BCUT2D eigenvalue weighted by Gasteiger charge is -2.00. The highest BCUT2D eigenvalue weighted by atomic mass is 35.5. The van der Waals surface area contributed by atoms with Crippen molar-refractivity contribution < 1.29 is 14.7 Å². The van der Waals surface area contributed by atoms with Gasteiger partial charge in [0.15, 0.2) is 5.17 Å². The van der Waals surface area contributed by atoms with E-state index in [1.807, 2.05) is 0 Å². The van der Waals surface area contributed by atoms with Crippen LogP contribution in [0.15, 0.2) is 23.6 Å². The summed E-state index contributed by atoms with van der Waals surface area (Å²) in [5.74, 6) is -0.526. The first-order valence-corrected chi connectivity index (χ1v) is 3.98. The average molecular weight is 215 g/mol. The summed E-state index contributed by atoms with van der Waals surface area (Å²) in [6, 6.07) is 1.42. The Labute approximate surface area is 85.0 Å². The van der Waals surface area contributed by atoms with Crippen LogP contribution >= 0.6 is 11.6 Å². The van der Waals surface area contributed by atoms with Crippen molar-refractivity contribution in [1.29, 1.82) is 0 Å². The van der Waals surface area contributed by atoms with Crippen molar-refractivity contribution in [2.75, 3.05) is 7.11 Å². The molecule has 0 fully saturated rings. The van der Waals surface area contributed by atoms with Crippen LogP contribution < -0.4 is 0 Å². The van der Waals surface area contributed by atoms with E-state index in [1.165, 1.54) is 25.6 Å². The molecule has 1 N–H and O–H groups in total. The first-order valence-electron chi connectivity index (χ1n) is 3.60. The number of rotatable bonds is 2. The minimum Gasteiger partial charge on any atom is -0.465 e. The Kier molecular flexibility index (Phi) is 3.41. The van der Waals surface area contributed by atoms with Gasteiger partial charge >= 0.3 is 5.97 Å². The Balaban J connectivity index is 3.07. The van der Waals surface area contributed by atoms with Gasteiger partial charge in [-0.3, -0.25) is 4.98 Å². The first-order chi connectivity index (χ1) is 6.69. The Morgan fingerprint density at radius 2 is 2.21 bits per heavy atom. The summed E-state index contributed by atoms with van der Waals surface area (Å²) in [6.07, 6.45) is 2.70. The number of nitrogens with zero attached hydrogens (tertiary/aromatic N) is 2. The molecule has 0 aliphatic rings. The number of hydrogen-bond acceptors (Lipinski definition) is 5. The second-order valence-corrected chi connectivity index (χ2v) is 2.70. The predicted octanol–water partition coefficient (Wildman–Crippen LogP) is 1.24. The van der Waals surface area contributed by atoms with Crippen LogP contribution in [-0.2, 0) is 4.74 Å². The summed E-state index contributed by atoms with van der Waals surface area (Å²) < 4.78 is 4.48. The smallest absolute Gasteiger partial charge is 0.339 e. The lowest BCUT2D eigenvalue weighted by Crippen LogP contribution is -2.04. The summed E-state index contributed by atoms with van der Waals surface area (Å²) in [5, 5.41) is 11.0. The van der Waals surface area contributed by atoms with E-state index in [1.54, 1.807) is 0 Å². The average Bonchev–Trinajstić information content (AvgIpc) is 2.27. The normalized spacial score (nSPS) is 11.1. The Hall–Kier alpha value is -1.62. The van der Waals surface area contributed by atoms with Crippen LogP contribution in [0.3, 0.4) is 0 Å². The summed E-state index contributed by atoms with van der Waals surface area (Å²) in [7, 11) is 1.26. The van der Waals surface area contributed by atoms with Gasteiger partial charge in [0.2, 0.25) is 0 Å². The fourth-order valence-electron chi connectivity index (χ4n) is 0.840. The molecule has 0 radical (unpaired) electrons. The molecule has 1 heterocycles. The fraction of sp³-hybridized carbons (Fsp3) is 0.125. The second kappa shape index (κ2) is 4.57. The molecule has 1 rings (SSSR count). The Morgan fingerprint density at radius 1 is 1.57 bits per heavy atom. The molecule has 74 valence electrons. The fourth-order valence-corrected chi connectivity index (χ4v) is 0.943. The van der Waals surface area contributed by atoms with Crippen molar-refractivity contribution in [2.24, 2.45) is 5.16 Å². The largest absolute Gasteiger partial charge is 0.465 e. The van der Waals surface area contributed by atoms with Gasteiger partial charge in [-0.2, -0.15) is 0 Å². The zero-order valence-corrected chi connectivity index (χ0v) is 8.02. The quantitative estimate of drug-likeness (QED) is 0.348. The molecule has 14 heavy (non-hydrogen) atoms. The van der Waals surface area contributed by atoms with E-state index in [0.29, 0.717) is 5.56 Å². The summed E-state index contributed by atoms with van der Waals surface area (Å²) >= 11 is 5.52. The molecule has 0 aliphatic carbocycles. The highest BCUT2D eigenvalue weighted by Crippen LogP contribution is 2.07. The van der Waals surface area contributed by atoms with E-state index in [4.69, 9.17) is 16.8 Å². The molecule has 0 saturated heterocycles. The number of ether oxygens (including phenoxy) is 1. The molecule has 0 spiro atoms. The molecule has 1 aromatic heterocycles. The lowest BCUT2D eigenvalue weighted by molar-refractivity contribution is 0.0600. The van der Waals surface area contributed by atoms with Crippen molar-refractivity contribution in [2.45, 2.75) is 0 Å². The van der Waals surface area contributed by atoms with Gasteiger partial charge in [-0.1, -0.05) is 16.8 Å². The number of carbonyl (C=O) groups is 1. The maximum Gasteiger partial charge on any atom is 0.339 e. The van der Waals surface area contributed by atoms with E-state index in [0.717, 1.165) is 0 Å². The van der Waals surface area contributed by atoms with Gasteiger partial charge in [0, 0.05) is 18.0 Å². The number of oxime groups is 1. The Bertz CT molecular complexity index is 379. The number of aromatic nitrogens is 1. The summed E-state index contributed by atoms with van der Waals surface area (Å²) in [6.45, 7) is 0. The van der Waals surface area contributed by atoms with Crippen LogP contribution in [0.25, 0.3) is 0 Å². The van der Waals surface area contributed by atoms with Gasteiger partial charge in [0.1, 0.15) is 0 Å². The van der Waals surface area contributed by atoms with E-state index >= 15 is 0 Å². The molecule has 6 heteroatoms. The van der Waals surface area contributed by atoms with Crippen LogP contribution in [0, 0.1) is 0 Å². The maximum absolute atomic E-state index is 11.1. The summed E-state index contributed by atoms with van der Waals surface area (Å²) in [5.41, 5.74) is 0.587. The minimum absolute atomic E-state index is 0.136. The van der Waals surface area contributed by atoms with Crippen LogP contribution in [-0.4, -0.2) is 28.4 Å². The van der Waals surface area contributed by atoms with Crippen molar-refractivity contribution in [3.05, 3.63) is 29.6 Å². The highest BCUT2D eigenvalue weighted by Gasteiger charge is 2.08. The van der Waals surface area contributed by atoms with E-state index in [2.05, 4.69) is 14.9 Å². The number of methoxy groups -OCH3 is 1. The molecule has 1 aromatic rings. The molecule has 0 aliphatic heterocycles. The second-order valence-electron chi connectivity index (χ2n) is 2.34. The maximum atomic E-state index is 11.1. The highest BCUT2D eigenvalue weighted by molar-refractivity contribution is 6.69. The van der Waals surface area contributed by atoms with E-state index < -0.39 is 5.97 Å². The van der Waals surface area contributed by atoms with Crippen LogP contribution in [0.5, 0.6) is 0 Å². The minimum atomic E-state index is -0.526. The standard InChI is InChI=1S/C8H7ClN2O3/c1-14-8(12)6-2-5(3-10-4-6)7(9)11-13/h2-4,13H,1H3. The van der Waals surface area contributed by atoms with Crippen LogP contribution in [0.4, 0.5) is 0 Å². The third-order valence-electron chi connectivity index (χ3n) is 1.49. The van der Waals surface area contributed by atoms with Crippen molar-refractivity contribution in [3.8, 4) is 0 Å². The lowest BCUT2D eigenvalue weighted by atomic mass is 10.2. The zero-order valence-electron chi connectivity index (χ0n) is 7.27. The number of pyridine rings is 1. The zero-order chi connectivity index (χ0) is 10.6. The van der Waals surface area contributed by atoms with Gasteiger partial charge in [0.05, 0.1) is 12.7 Å². The van der Waals surface area contributed by atoms with Crippen LogP contribution in [0.1, 0.15) is 15.9 Å². The Morgan fingerprint density at radius 3 is 2.79 bits per heavy atom. The van der Waals surface area contributed by atoms with Gasteiger partial charge in [-0.15, -0.1) is 0 Å². The predicted molar refractivity (Wildman–Crippen MR) is 49.8 cm³/mol. The number of halogens is 1. The molecule has 0 saturated carbocycles. The van der Waals surface area contributed by atoms with Gasteiger partial charge in [-0.25, -0.2) is 4.79 Å². The molecular formula is C8H7ClN2O3. The van der Waals surface area contributed by atoms with E-state index in [9.17, 15) is 4.79 Å². The third kappa shape index (κ3) is 2.20. The van der Waals surface area contributed by atoms with E-state index in [-0.39, 0.29) is 10.7 Å². The van der Waals surface area contributed by atoms with Gasteiger partial charge in [0.25, 0.3) is 0 Å². The number of esters is 1. The van der Waals surface area contributed by atoms with Gasteiger partial charge in [-0.05, 0) is 6.07 Å². The number of hydrogen-bond donors (Lipinski definition) is 1. The molecule has 0 atom stereocenters. The molecule has 0 aromatic carbocycles. The van der Waals surface area contributed by atoms with Crippen molar-refractivity contribution in [1.82, 2.24) is 4.98 Å². The van der Waals surface area contributed by atoms with Gasteiger partial charge < -0.3 is 9.94 Å². The molecule has 5 nitrogen and oxygen atoms in total. The summed E-state index contributed by atoms with van der Waals surface area (Å²) in [4.78, 5) is 14.8. The number of carbonyl (C=O) groups excluding carboxylic acids is 1. The first kappa shape index (κ1) is 10.5. The topological polar surface area (TPSA) is 71.8 Å². The SMILES string of the molecule is COC(=O)c1cncc(C(Cl)=NO)c1.